The molecule has 1 amide bonds. The fourth-order valence-electron chi connectivity index (χ4n) is 3.97. The number of rotatable bonds is 5. The van der Waals surface area contributed by atoms with Crippen LogP contribution < -0.4 is 9.62 Å². The minimum absolute atomic E-state index is 0.0646. The molecule has 6 nitrogen and oxygen atoms in total. The summed E-state index contributed by atoms with van der Waals surface area (Å²) in [7, 11) is -3.95. The number of hydrogen-bond donors (Lipinski definition) is 1. The van der Waals surface area contributed by atoms with Crippen LogP contribution in [0.3, 0.4) is 0 Å². The molecule has 1 N–H and O–H groups in total. The third-order valence-electron chi connectivity index (χ3n) is 5.98. The van der Waals surface area contributed by atoms with Crippen LogP contribution in [0.1, 0.15) is 21.5 Å². The number of benzene rings is 3. The lowest BCUT2D eigenvalue weighted by molar-refractivity contribution is 0.0746. The van der Waals surface area contributed by atoms with E-state index in [1.54, 1.807) is 41.3 Å². The number of amides is 1. The zero-order valence-corrected chi connectivity index (χ0v) is 20.2. The number of nitrogens with one attached hydrogen (secondary N) is 1. The molecule has 1 fully saturated rings. The number of aryl methyl sites for hydroxylation is 1. The molecule has 8 heteroatoms. The molecule has 33 heavy (non-hydrogen) atoms. The van der Waals surface area contributed by atoms with Crippen molar-refractivity contribution in [2.75, 3.05) is 35.8 Å². The topological polar surface area (TPSA) is 69.7 Å². The van der Waals surface area contributed by atoms with E-state index < -0.39 is 10.0 Å². The second-order valence-corrected chi connectivity index (χ2v) is 10.2. The van der Waals surface area contributed by atoms with Gasteiger partial charge in [0, 0.05) is 43.1 Å². The molecule has 3 aromatic carbocycles. The lowest BCUT2D eigenvalue weighted by Crippen LogP contribution is -2.49. The van der Waals surface area contributed by atoms with Gasteiger partial charge in [0.2, 0.25) is 0 Å². The van der Waals surface area contributed by atoms with Gasteiger partial charge in [-0.2, -0.15) is 0 Å². The zero-order valence-electron chi connectivity index (χ0n) is 18.6. The highest BCUT2D eigenvalue weighted by Gasteiger charge is 2.26. The molecule has 4 rings (SSSR count). The Morgan fingerprint density at radius 1 is 0.909 bits per heavy atom. The van der Waals surface area contributed by atoms with Crippen LogP contribution in [0.15, 0.2) is 71.6 Å². The predicted molar refractivity (Wildman–Crippen MR) is 133 cm³/mol. The van der Waals surface area contributed by atoms with Gasteiger partial charge >= 0.3 is 0 Å². The maximum Gasteiger partial charge on any atom is 0.263 e. The van der Waals surface area contributed by atoms with Crippen molar-refractivity contribution in [2.24, 2.45) is 0 Å². The van der Waals surface area contributed by atoms with E-state index >= 15 is 0 Å². The number of piperazine rings is 1. The van der Waals surface area contributed by atoms with Crippen LogP contribution in [-0.4, -0.2) is 45.4 Å². The van der Waals surface area contributed by atoms with Gasteiger partial charge in [0.05, 0.1) is 5.02 Å². The first-order valence-corrected chi connectivity index (χ1v) is 12.6. The molecule has 0 aliphatic carbocycles. The molecule has 0 saturated carbocycles. The van der Waals surface area contributed by atoms with E-state index in [0.29, 0.717) is 37.4 Å². The van der Waals surface area contributed by atoms with Gasteiger partial charge in [0.1, 0.15) is 4.90 Å². The average molecular weight is 484 g/mol. The van der Waals surface area contributed by atoms with Gasteiger partial charge in [0.25, 0.3) is 15.9 Å². The largest absolute Gasteiger partial charge is 0.368 e. The van der Waals surface area contributed by atoms with E-state index in [-0.39, 0.29) is 15.8 Å². The maximum absolute atomic E-state index is 13.2. The molecule has 1 saturated heterocycles. The Morgan fingerprint density at radius 2 is 1.61 bits per heavy atom. The third-order valence-corrected chi connectivity index (χ3v) is 7.84. The van der Waals surface area contributed by atoms with E-state index in [4.69, 9.17) is 11.6 Å². The Hall–Kier alpha value is -3.03. The molecule has 1 aliphatic heterocycles. The Labute approximate surface area is 199 Å². The molecule has 0 aromatic heterocycles. The van der Waals surface area contributed by atoms with Gasteiger partial charge in [-0.3, -0.25) is 9.52 Å². The Morgan fingerprint density at radius 3 is 2.30 bits per heavy atom. The Balaban J connectivity index is 1.50. The second kappa shape index (κ2) is 9.45. The predicted octanol–water partition coefficient (Wildman–Crippen LogP) is 4.72. The third kappa shape index (κ3) is 4.99. The van der Waals surface area contributed by atoms with Crippen LogP contribution in [0, 0.1) is 13.8 Å². The van der Waals surface area contributed by atoms with Gasteiger partial charge < -0.3 is 9.80 Å². The number of nitrogens with zero attached hydrogens (tertiary/aromatic N) is 2. The number of carbonyl (C=O) groups excluding carboxylic acids is 1. The molecule has 172 valence electrons. The molecular weight excluding hydrogens is 458 g/mol. The first kappa shape index (κ1) is 23.1. The normalized spacial score (nSPS) is 14.3. The minimum Gasteiger partial charge on any atom is -0.368 e. The van der Waals surface area contributed by atoms with Gasteiger partial charge in [-0.25, -0.2) is 8.42 Å². The first-order valence-electron chi connectivity index (χ1n) is 10.7. The highest BCUT2D eigenvalue weighted by Crippen LogP contribution is 2.27. The first-order chi connectivity index (χ1) is 15.8. The van der Waals surface area contributed by atoms with Crippen LogP contribution in [0.5, 0.6) is 0 Å². The summed E-state index contributed by atoms with van der Waals surface area (Å²) in [6.07, 6.45) is 0. The molecule has 0 unspecified atom stereocenters. The smallest absolute Gasteiger partial charge is 0.263 e. The van der Waals surface area contributed by atoms with Crippen molar-refractivity contribution in [1.29, 1.82) is 0 Å². The van der Waals surface area contributed by atoms with Crippen molar-refractivity contribution >= 4 is 38.9 Å². The van der Waals surface area contributed by atoms with E-state index in [1.807, 2.05) is 6.07 Å². The SMILES string of the molecule is Cc1cccc(N2CCN(C(=O)c3ccc(Cl)c(S(=O)(=O)Nc4ccccc4)c3)CC2)c1C. The van der Waals surface area contributed by atoms with Crippen LogP contribution in [0.2, 0.25) is 5.02 Å². The summed E-state index contributed by atoms with van der Waals surface area (Å²) < 4.78 is 28.3. The van der Waals surface area contributed by atoms with Gasteiger partial charge in [-0.15, -0.1) is 0 Å². The molecule has 1 aliphatic rings. The average Bonchev–Trinajstić information content (AvgIpc) is 2.81. The summed E-state index contributed by atoms with van der Waals surface area (Å²) >= 11 is 6.20. The lowest BCUT2D eigenvalue weighted by atomic mass is 10.1. The molecular formula is C25H26ClN3O3S. The van der Waals surface area contributed by atoms with Crippen LogP contribution >= 0.6 is 11.6 Å². The summed E-state index contributed by atoms with van der Waals surface area (Å²) in [5.74, 6) is -0.205. The van der Waals surface area contributed by atoms with Crippen molar-refractivity contribution in [3.05, 3.63) is 88.4 Å². The van der Waals surface area contributed by atoms with Crippen LogP contribution in [-0.2, 0) is 10.0 Å². The summed E-state index contributed by atoms with van der Waals surface area (Å²) in [5.41, 5.74) is 4.40. The lowest BCUT2D eigenvalue weighted by Gasteiger charge is -2.37. The summed E-state index contributed by atoms with van der Waals surface area (Å²) in [6, 6.07) is 19.2. The molecule has 0 radical (unpaired) electrons. The highest BCUT2D eigenvalue weighted by atomic mass is 35.5. The van der Waals surface area contributed by atoms with E-state index in [1.165, 1.54) is 28.9 Å². The van der Waals surface area contributed by atoms with E-state index in [2.05, 4.69) is 35.6 Å². The monoisotopic (exact) mass is 483 g/mol. The number of para-hydroxylation sites is 1. The summed E-state index contributed by atoms with van der Waals surface area (Å²) in [4.78, 5) is 17.1. The zero-order chi connectivity index (χ0) is 23.6. The minimum atomic E-state index is -3.95. The van der Waals surface area contributed by atoms with E-state index in [0.717, 1.165) is 0 Å². The molecule has 0 bridgehead atoms. The van der Waals surface area contributed by atoms with Gasteiger partial charge in [-0.1, -0.05) is 41.9 Å². The van der Waals surface area contributed by atoms with Crippen molar-refractivity contribution in [3.63, 3.8) is 0 Å². The van der Waals surface area contributed by atoms with Gasteiger partial charge in [-0.05, 0) is 61.4 Å². The van der Waals surface area contributed by atoms with Crippen LogP contribution in [0.4, 0.5) is 11.4 Å². The second-order valence-electron chi connectivity index (χ2n) is 8.12. The highest BCUT2D eigenvalue weighted by molar-refractivity contribution is 7.92. The van der Waals surface area contributed by atoms with Crippen molar-refractivity contribution in [3.8, 4) is 0 Å². The standard InChI is InChI=1S/C25H26ClN3O3S/c1-18-7-6-10-23(19(18)2)28-13-15-29(16-14-28)25(30)20-11-12-22(26)24(17-20)33(31,32)27-21-8-4-3-5-9-21/h3-12,17,27H,13-16H2,1-2H3. The molecule has 0 spiro atoms. The van der Waals surface area contributed by atoms with Crippen molar-refractivity contribution in [1.82, 2.24) is 4.90 Å². The molecule has 1 heterocycles. The molecule has 0 atom stereocenters. The molecule has 3 aromatic rings. The number of sulfonamides is 1. The quantitative estimate of drug-likeness (QED) is 0.570. The van der Waals surface area contributed by atoms with E-state index in [9.17, 15) is 13.2 Å². The summed E-state index contributed by atoms with van der Waals surface area (Å²) in [6.45, 7) is 6.74. The van der Waals surface area contributed by atoms with Gasteiger partial charge in [0.15, 0.2) is 0 Å². The number of hydrogen-bond acceptors (Lipinski definition) is 4. The van der Waals surface area contributed by atoms with Crippen molar-refractivity contribution in [2.45, 2.75) is 18.7 Å². The van der Waals surface area contributed by atoms with Crippen LogP contribution in [0.25, 0.3) is 0 Å². The fourth-order valence-corrected chi connectivity index (χ4v) is 5.56. The number of anilines is 2. The Bertz CT molecular complexity index is 1270. The maximum atomic E-state index is 13.2. The number of halogens is 1. The fraction of sp³-hybridized carbons (Fsp3) is 0.240. The Kier molecular flexibility index (Phi) is 6.63. The van der Waals surface area contributed by atoms with Crippen molar-refractivity contribution < 1.29 is 13.2 Å². The summed E-state index contributed by atoms with van der Waals surface area (Å²) in [5, 5.41) is 0.0646. The number of carbonyl (C=O) groups is 1.